The second-order valence-corrected chi connectivity index (χ2v) is 5.85. The standard InChI is InChI=1S/C15H18ClNO4/c1-3-21-12-8-10(16)4-5-11(12)13(18)17-7-6-15(2,9-17)14(19)20/h4-5,8H,3,6-7,9H2,1-2H3,(H,19,20). The Morgan fingerprint density at radius 1 is 1.48 bits per heavy atom. The molecular formula is C15H18ClNO4. The van der Waals surface area contributed by atoms with E-state index in [1.807, 2.05) is 6.92 Å². The molecule has 1 aliphatic heterocycles. The molecule has 2 rings (SSSR count). The van der Waals surface area contributed by atoms with Crippen LogP contribution >= 0.6 is 11.6 Å². The third-order valence-electron chi connectivity index (χ3n) is 3.75. The first-order valence-electron chi connectivity index (χ1n) is 6.82. The van der Waals surface area contributed by atoms with Crippen LogP contribution in [-0.2, 0) is 4.79 Å². The molecule has 0 bridgehead atoms. The highest BCUT2D eigenvalue weighted by Crippen LogP contribution is 2.33. The van der Waals surface area contributed by atoms with Crippen LogP contribution in [0.1, 0.15) is 30.6 Å². The van der Waals surface area contributed by atoms with Gasteiger partial charge in [-0.2, -0.15) is 0 Å². The topological polar surface area (TPSA) is 66.8 Å². The molecule has 0 spiro atoms. The minimum absolute atomic E-state index is 0.204. The quantitative estimate of drug-likeness (QED) is 0.928. The number of likely N-dealkylation sites (tertiary alicyclic amines) is 1. The maximum Gasteiger partial charge on any atom is 0.311 e. The largest absolute Gasteiger partial charge is 0.493 e. The molecule has 1 atom stereocenters. The first kappa shape index (κ1) is 15.6. The number of carboxylic acid groups (broad SMARTS) is 1. The van der Waals surface area contributed by atoms with Gasteiger partial charge in [-0.15, -0.1) is 0 Å². The zero-order valence-electron chi connectivity index (χ0n) is 12.1. The molecule has 1 aliphatic rings. The van der Waals surface area contributed by atoms with Gasteiger partial charge in [-0.05, 0) is 38.5 Å². The highest BCUT2D eigenvalue weighted by atomic mass is 35.5. The molecule has 1 aromatic carbocycles. The number of benzene rings is 1. The van der Waals surface area contributed by atoms with Gasteiger partial charge in [0.1, 0.15) is 5.75 Å². The van der Waals surface area contributed by atoms with Crippen LogP contribution in [-0.4, -0.2) is 41.6 Å². The maximum atomic E-state index is 12.6. The van der Waals surface area contributed by atoms with Gasteiger partial charge >= 0.3 is 5.97 Å². The van der Waals surface area contributed by atoms with Crippen molar-refractivity contribution in [3.05, 3.63) is 28.8 Å². The summed E-state index contributed by atoms with van der Waals surface area (Å²) in [4.78, 5) is 25.4. The molecular weight excluding hydrogens is 294 g/mol. The van der Waals surface area contributed by atoms with E-state index >= 15 is 0 Å². The lowest BCUT2D eigenvalue weighted by Gasteiger charge is -2.21. The average Bonchev–Trinajstić information content (AvgIpc) is 2.83. The molecule has 1 amide bonds. The van der Waals surface area contributed by atoms with E-state index in [1.165, 1.54) is 0 Å². The summed E-state index contributed by atoms with van der Waals surface area (Å²) in [5.41, 5.74) is -0.468. The van der Waals surface area contributed by atoms with Crippen LogP contribution in [0, 0.1) is 5.41 Å². The lowest BCUT2D eigenvalue weighted by molar-refractivity contribution is -0.147. The molecule has 1 fully saturated rings. The Hall–Kier alpha value is -1.75. The number of nitrogens with zero attached hydrogens (tertiary/aromatic N) is 1. The summed E-state index contributed by atoms with van der Waals surface area (Å²) in [5, 5.41) is 9.73. The van der Waals surface area contributed by atoms with E-state index in [4.69, 9.17) is 16.3 Å². The van der Waals surface area contributed by atoms with Gasteiger partial charge < -0.3 is 14.7 Å². The van der Waals surface area contributed by atoms with E-state index < -0.39 is 11.4 Å². The summed E-state index contributed by atoms with van der Waals surface area (Å²) in [6, 6.07) is 4.85. The lowest BCUT2D eigenvalue weighted by atomic mass is 9.90. The fourth-order valence-corrected chi connectivity index (χ4v) is 2.59. The predicted octanol–water partition coefficient (Wildman–Crippen LogP) is 2.68. The molecule has 5 nitrogen and oxygen atoms in total. The van der Waals surface area contributed by atoms with Gasteiger partial charge in [-0.25, -0.2) is 0 Å². The van der Waals surface area contributed by atoms with Crippen molar-refractivity contribution in [1.29, 1.82) is 0 Å². The summed E-state index contributed by atoms with van der Waals surface area (Å²) >= 11 is 5.92. The van der Waals surface area contributed by atoms with Gasteiger partial charge in [0.2, 0.25) is 0 Å². The molecule has 1 saturated heterocycles. The zero-order valence-corrected chi connectivity index (χ0v) is 12.8. The number of hydrogen-bond donors (Lipinski definition) is 1. The molecule has 0 radical (unpaired) electrons. The van der Waals surface area contributed by atoms with Crippen LogP contribution in [0.3, 0.4) is 0 Å². The molecule has 6 heteroatoms. The Morgan fingerprint density at radius 3 is 2.76 bits per heavy atom. The molecule has 21 heavy (non-hydrogen) atoms. The number of aliphatic carboxylic acids is 1. The number of halogens is 1. The minimum Gasteiger partial charge on any atom is -0.493 e. The second-order valence-electron chi connectivity index (χ2n) is 5.42. The molecule has 1 unspecified atom stereocenters. The fourth-order valence-electron chi connectivity index (χ4n) is 2.43. The van der Waals surface area contributed by atoms with Crippen LogP contribution in [0.25, 0.3) is 0 Å². The van der Waals surface area contributed by atoms with Crippen molar-refractivity contribution in [2.75, 3.05) is 19.7 Å². The maximum absolute atomic E-state index is 12.6. The predicted molar refractivity (Wildman–Crippen MR) is 78.9 cm³/mol. The molecule has 1 heterocycles. The summed E-state index contributed by atoms with van der Waals surface area (Å²) in [5.74, 6) is -0.669. The van der Waals surface area contributed by atoms with E-state index in [9.17, 15) is 14.7 Å². The minimum atomic E-state index is -0.881. The molecule has 0 aliphatic carbocycles. The van der Waals surface area contributed by atoms with Crippen molar-refractivity contribution in [1.82, 2.24) is 4.90 Å². The highest BCUT2D eigenvalue weighted by Gasteiger charge is 2.42. The van der Waals surface area contributed by atoms with Gasteiger partial charge in [0, 0.05) is 18.1 Å². The summed E-state index contributed by atoms with van der Waals surface area (Å²) in [7, 11) is 0. The van der Waals surface area contributed by atoms with Crippen LogP contribution in [0.15, 0.2) is 18.2 Å². The number of hydrogen-bond acceptors (Lipinski definition) is 3. The molecule has 114 valence electrons. The smallest absolute Gasteiger partial charge is 0.311 e. The Kier molecular flexibility index (Phi) is 4.42. The van der Waals surface area contributed by atoms with E-state index in [1.54, 1.807) is 30.0 Å². The Morgan fingerprint density at radius 2 is 2.19 bits per heavy atom. The number of carbonyl (C=O) groups is 2. The molecule has 1 aromatic rings. The monoisotopic (exact) mass is 311 g/mol. The van der Waals surface area contributed by atoms with Crippen LogP contribution in [0.4, 0.5) is 0 Å². The second kappa shape index (κ2) is 5.93. The SMILES string of the molecule is CCOc1cc(Cl)ccc1C(=O)N1CCC(C)(C(=O)O)C1. The molecule has 1 N–H and O–H groups in total. The average molecular weight is 312 g/mol. The van der Waals surface area contributed by atoms with Crippen molar-refractivity contribution < 1.29 is 19.4 Å². The Bertz CT molecular complexity index is 575. The number of carboxylic acids is 1. The Labute approximate surface area is 128 Å². The van der Waals surface area contributed by atoms with E-state index in [-0.39, 0.29) is 12.5 Å². The normalized spacial score (nSPS) is 21.4. The summed E-state index contributed by atoms with van der Waals surface area (Å²) < 4.78 is 5.45. The van der Waals surface area contributed by atoms with E-state index in [0.29, 0.717) is 35.9 Å². The van der Waals surface area contributed by atoms with E-state index in [0.717, 1.165) is 0 Å². The Balaban J connectivity index is 2.24. The van der Waals surface area contributed by atoms with Crippen molar-refractivity contribution in [3.8, 4) is 5.75 Å². The van der Waals surface area contributed by atoms with E-state index in [2.05, 4.69) is 0 Å². The zero-order chi connectivity index (χ0) is 15.6. The number of carbonyl (C=O) groups excluding carboxylic acids is 1. The van der Waals surface area contributed by atoms with Gasteiger partial charge in [-0.3, -0.25) is 9.59 Å². The van der Waals surface area contributed by atoms with Crippen LogP contribution in [0.5, 0.6) is 5.75 Å². The molecule has 0 saturated carbocycles. The number of ether oxygens (including phenoxy) is 1. The first-order valence-corrected chi connectivity index (χ1v) is 7.20. The lowest BCUT2D eigenvalue weighted by Crippen LogP contribution is -2.35. The number of rotatable bonds is 4. The highest BCUT2D eigenvalue weighted by molar-refractivity contribution is 6.30. The van der Waals surface area contributed by atoms with Crippen LogP contribution < -0.4 is 4.74 Å². The van der Waals surface area contributed by atoms with Crippen molar-refractivity contribution in [2.45, 2.75) is 20.3 Å². The first-order chi connectivity index (χ1) is 9.87. The fraction of sp³-hybridized carbons (Fsp3) is 0.467. The van der Waals surface area contributed by atoms with Crippen molar-refractivity contribution in [3.63, 3.8) is 0 Å². The third-order valence-corrected chi connectivity index (χ3v) is 3.99. The van der Waals surface area contributed by atoms with Gasteiger partial charge in [0.05, 0.1) is 17.6 Å². The van der Waals surface area contributed by atoms with Gasteiger partial charge in [-0.1, -0.05) is 11.6 Å². The van der Waals surface area contributed by atoms with Gasteiger partial charge in [0.15, 0.2) is 0 Å². The third kappa shape index (κ3) is 3.13. The summed E-state index contributed by atoms with van der Waals surface area (Å²) in [6.45, 7) is 4.54. The summed E-state index contributed by atoms with van der Waals surface area (Å²) in [6.07, 6.45) is 0.450. The van der Waals surface area contributed by atoms with Crippen molar-refractivity contribution >= 4 is 23.5 Å². The van der Waals surface area contributed by atoms with Crippen molar-refractivity contribution in [2.24, 2.45) is 5.41 Å². The van der Waals surface area contributed by atoms with Gasteiger partial charge in [0.25, 0.3) is 5.91 Å². The number of amides is 1. The molecule has 0 aromatic heterocycles. The van der Waals surface area contributed by atoms with Crippen LogP contribution in [0.2, 0.25) is 5.02 Å².